The summed E-state index contributed by atoms with van der Waals surface area (Å²) >= 11 is 0. The van der Waals surface area contributed by atoms with Gasteiger partial charge in [-0.2, -0.15) is 4.98 Å². The van der Waals surface area contributed by atoms with E-state index in [2.05, 4.69) is 14.9 Å². The highest BCUT2D eigenvalue weighted by Gasteiger charge is 2.36. The van der Waals surface area contributed by atoms with Crippen molar-refractivity contribution in [3.8, 4) is 17.3 Å². The van der Waals surface area contributed by atoms with Crippen molar-refractivity contribution < 1.29 is 9.47 Å². The summed E-state index contributed by atoms with van der Waals surface area (Å²) in [5.41, 5.74) is 1.75. The molecule has 0 radical (unpaired) electrons. The van der Waals surface area contributed by atoms with E-state index in [-0.39, 0.29) is 5.56 Å². The van der Waals surface area contributed by atoms with Crippen LogP contribution in [0.5, 0.6) is 5.88 Å². The quantitative estimate of drug-likeness (QED) is 0.893. The second kappa shape index (κ2) is 5.84. The molecule has 25 heavy (non-hydrogen) atoms. The molecule has 2 atom stereocenters. The Labute approximate surface area is 145 Å². The van der Waals surface area contributed by atoms with Crippen molar-refractivity contribution in [3.63, 3.8) is 0 Å². The number of pyridine rings is 1. The minimum absolute atomic E-state index is 0.136. The van der Waals surface area contributed by atoms with Gasteiger partial charge in [0.05, 0.1) is 24.4 Å². The molecule has 2 fully saturated rings. The molecular weight excluding hydrogens is 320 g/mol. The molecule has 2 aromatic heterocycles. The van der Waals surface area contributed by atoms with Gasteiger partial charge in [-0.15, -0.1) is 0 Å². The van der Waals surface area contributed by atoms with Crippen LogP contribution in [0.2, 0.25) is 0 Å². The molecule has 5 heterocycles. The van der Waals surface area contributed by atoms with Crippen LogP contribution in [0.1, 0.15) is 24.8 Å². The van der Waals surface area contributed by atoms with E-state index in [1.165, 1.54) is 6.07 Å². The molecule has 130 valence electrons. The predicted octanol–water partition coefficient (Wildman–Crippen LogP) is 1.52. The van der Waals surface area contributed by atoms with Crippen molar-refractivity contribution >= 4 is 5.82 Å². The second-order valence-electron chi connectivity index (χ2n) is 6.91. The summed E-state index contributed by atoms with van der Waals surface area (Å²) in [6, 6.07) is 3.24. The Hall–Kier alpha value is -2.41. The Morgan fingerprint density at radius 2 is 2.00 bits per heavy atom. The maximum absolute atomic E-state index is 11.3. The molecule has 0 unspecified atom stereocenters. The smallest absolute Gasteiger partial charge is 0.247 e. The van der Waals surface area contributed by atoms with Gasteiger partial charge in [0.15, 0.2) is 5.82 Å². The second-order valence-corrected chi connectivity index (χ2v) is 6.91. The molecule has 3 aliphatic heterocycles. The molecule has 7 nitrogen and oxygen atoms in total. The number of ether oxygens (including phenoxy) is 2. The van der Waals surface area contributed by atoms with Crippen molar-refractivity contribution in [2.75, 3.05) is 24.6 Å². The number of H-pyrrole nitrogens is 1. The van der Waals surface area contributed by atoms with E-state index in [0.717, 1.165) is 55.7 Å². The number of anilines is 1. The Kier molecular flexibility index (Phi) is 3.48. The summed E-state index contributed by atoms with van der Waals surface area (Å²) in [5.74, 6) is 2.23. The standard InChI is InChI=1S/C18H20N4O3/c23-15-6-3-11(8-19-15)16-20-17(14-2-1-7-24-18(14)21-16)22-9-12-4-5-13(10-22)25-12/h3,6,8,12-13H,1-2,4-5,7,9-10H2,(H,19,23)/t12-,13+. The fraction of sp³-hybridized carbons (Fsp3) is 0.500. The van der Waals surface area contributed by atoms with Gasteiger partial charge in [-0.05, 0) is 31.7 Å². The number of aromatic amines is 1. The third-order valence-electron chi connectivity index (χ3n) is 5.14. The van der Waals surface area contributed by atoms with Gasteiger partial charge in [-0.3, -0.25) is 4.79 Å². The Morgan fingerprint density at radius 3 is 2.76 bits per heavy atom. The number of hydrogen-bond acceptors (Lipinski definition) is 6. The van der Waals surface area contributed by atoms with Crippen molar-refractivity contribution in [2.24, 2.45) is 0 Å². The first-order chi connectivity index (χ1) is 12.3. The largest absolute Gasteiger partial charge is 0.477 e. The summed E-state index contributed by atoms with van der Waals surface area (Å²) in [6.07, 6.45) is 6.41. The first-order valence-corrected chi connectivity index (χ1v) is 8.89. The van der Waals surface area contributed by atoms with Crippen LogP contribution in [0.4, 0.5) is 5.82 Å². The van der Waals surface area contributed by atoms with E-state index in [0.29, 0.717) is 30.5 Å². The maximum atomic E-state index is 11.3. The molecule has 1 N–H and O–H groups in total. The Bertz CT molecular complexity index is 833. The van der Waals surface area contributed by atoms with Crippen LogP contribution in [-0.2, 0) is 11.2 Å². The SMILES string of the molecule is O=c1ccc(-c2nc3c(c(N4C[C@H]5CC[C@@H](C4)O5)n2)CCCO3)c[nH]1. The molecule has 0 spiro atoms. The van der Waals surface area contributed by atoms with E-state index in [9.17, 15) is 4.79 Å². The van der Waals surface area contributed by atoms with Gasteiger partial charge >= 0.3 is 0 Å². The molecule has 5 rings (SSSR count). The lowest BCUT2D eigenvalue weighted by Crippen LogP contribution is -2.43. The van der Waals surface area contributed by atoms with Crippen LogP contribution < -0.4 is 15.2 Å². The van der Waals surface area contributed by atoms with Crippen LogP contribution in [0, 0.1) is 0 Å². The zero-order valence-electron chi connectivity index (χ0n) is 13.9. The summed E-state index contributed by atoms with van der Waals surface area (Å²) in [4.78, 5) is 25.8. The molecule has 0 aromatic carbocycles. The molecule has 3 aliphatic rings. The first-order valence-electron chi connectivity index (χ1n) is 8.89. The number of hydrogen-bond donors (Lipinski definition) is 1. The van der Waals surface area contributed by atoms with E-state index in [4.69, 9.17) is 14.5 Å². The van der Waals surface area contributed by atoms with Crippen LogP contribution in [0.15, 0.2) is 23.1 Å². The Balaban J connectivity index is 1.59. The van der Waals surface area contributed by atoms with Crippen molar-refractivity contribution in [1.82, 2.24) is 15.0 Å². The maximum Gasteiger partial charge on any atom is 0.247 e. The van der Waals surface area contributed by atoms with Crippen LogP contribution in [-0.4, -0.2) is 46.9 Å². The average molecular weight is 340 g/mol. The zero-order chi connectivity index (χ0) is 16.8. The highest BCUT2D eigenvalue weighted by Crippen LogP contribution is 2.36. The molecule has 0 amide bonds. The number of morpholine rings is 1. The van der Waals surface area contributed by atoms with Gasteiger partial charge < -0.3 is 19.4 Å². The minimum Gasteiger partial charge on any atom is -0.477 e. The lowest BCUT2D eigenvalue weighted by Gasteiger charge is -2.35. The monoisotopic (exact) mass is 340 g/mol. The first kappa shape index (κ1) is 14.9. The topological polar surface area (TPSA) is 80.3 Å². The third-order valence-corrected chi connectivity index (χ3v) is 5.14. The number of fused-ring (bicyclic) bond motifs is 3. The van der Waals surface area contributed by atoms with Gasteiger partial charge in [0.2, 0.25) is 11.4 Å². The molecule has 2 saturated heterocycles. The number of nitrogens with one attached hydrogen (secondary N) is 1. The summed E-state index contributed by atoms with van der Waals surface area (Å²) in [5, 5.41) is 0. The van der Waals surface area contributed by atoms with E-state index >= 15 is 0 Å². The third kappa shape index (κ3) is 2.68. The zero-order valence-corrected chi connectivity index (χ0v) is 13.9. The molecule has 7 heteroatoms. The van der Waals surface area contributed by atoms with Crippen LogP contribution in [0.25, 0.3) is 11.4 Å². The number of aromatic nitrogens is 3. The molecule has 2 bridgehead atoms. The van der Waals surface area contributed by atoms with Gasteiger partial charge in [0.1, 0.15) is 5.82 Å². The summed E-state index contributed by atoms with van der Waals surface area (Å²) in [7, 11) is 0. The fourth-order valence-electron chi connectivity index (χ4n) is 3.94. The molecular formula is C18H20N4O3. The highest BCUT2D eigenvalue weighted by molar-refractivity contribution is 5.62. The summed E-state index contributed by atoms with van der Waals surface area (Å²) in [6.45, 7) is 2.42. The lowest BCUT2D eigenvalue weighted by atomic mass is 10.1. The van der Waals surface area contributed by atoms with Crippen molar-refractivity contribution in [3.05, 3.63) is 34.2 Å². The van der Waals surface area contributed by atoms with E-state index < -0.39 is 0 Å². The normalized spacial score (nSPS) is 24.7. The lowest BCUT2D eigenvalue weighted by molar-refractivity contribution is 0.0301. The fourth-order valence-corrected chi connectivity index (χ4v) is 3.94. The van der Waals surface area contributed by atoms with Gasteiger partial charge in [0, 0.05) is 30.9 Å². The van der Waals surface area contributed by atoms with Crippen LogP contribution >= 0.6 is 0 Å². The van der Waals surface area contributed by atoms with Crippen molar-refractivity contribution in [2.45, 2.75) is 37.9 Å². The van der Waals surface area contributed by atoms with Crippen LogP contribution in [0.3, 0.4) is 0 Å². The summed E-state index contributed by atoms with van der Waals surface area (Å²) < 4.78 is 11.8. The van der Waals surface area contributed by atoms with Gasteiger partial charge in [-0.1, -0.05) is 0 Å². The predicted molar refractivity (Wildman–Crippen MR) is 92.0 cm³/mol. The average Bonchev–Trinajstić information content (AvgIpc) is 2.99. The highest BCUT2D eigenvalue weighted by atomic mass is 16.5. The van der Waals surface area contributed by atoms with E-state index in [1.54, 1.807) is 12.3 Å². The number of rotatable bonds is 2. The Morgan fingerprint density at radius 1 is 1.16 bits per heavy atom. The van der Waals surface area contributed by atoms with Crippen molar-refractivity contribution in [1.29, 1.82) is 0 Å². The molecule has 2 aromatic rings. The molecule has 0 saturated carbocycles. The minimum atomic E-state index is -0.136. The van der Waals surface area contributed by atoms with Gasteiger partial charge in [0.25, 0.3) is 0 Å². The molecule has 0 aliphatic carbocycles. The number of nitrogens with zero attached hydrogens (tertiary/aromatic N) is 3. The van der Waals surface area contributed by atoms with E-state index in [1.807, 2.05) is 0 Å². The van der Waals surface area contributed by atoms with Gasteiger partial charge in [-0.25, -0.2) is 4.98 Å².